The first kappa shape index (κ1) is 42.4. The summed E-state index contributed by atoms with van der Waals surface area (Å²) in [6.07, 6.45) is 2.93. The van der Waals surface area contributed by atoms with E-state index < -0.39 is 10.0 Å². The molecule has 0 spiro atoms. The number of likely N-dealkylation sites (tertiary alicyclic amines) is 1. The summed E-state index contributed by atoms with van der Waals surface area (Å²) >= 11 is 0. The number of carbonyl (C=O) groups excluding carboxylic acids is 1. The van der Waals surface area contributed by atoms with Gasteiger partial charge in [-0.2, -0.15) is 0 Å². The van der Waals surface area contributed by atoms with Crippen molar-refractivity contribution >= 4 is 38.9 Å². The van der Waals surface area contributed by atoms with Crippen LogP contribution >= 0.6 is 0 Å². The molecule has 0 radical (unpaired) electrons. The number of rotatable bonds is 17. The Morgan fingerprint density at radius 1 is 0.917 bits per heavy atom. The van der Waals surface area contributed by atoms with Crippen molar-refractivity contribution in [2.75, 3.05) is 43.2 Å². The van der Waals surface area contributed by atoms with Crippen LogP contribution in [0.4, 0.5) is 16.4 Å². The molecule has 0 aliphatic carbocycles. The lowest BCUT2D eigenvalue weighted by molar-refractivity contribution is 0.0881. The second kappa shape index (κ2) is 19.1. The number of carbonyl (C=O) groups is 1. The number of sulfonamides is 1. The molecule has 0 saturated carbocycles. The molecule has 316 valence electrons. The van der Waals surface area contributed by atoms with Gasteiger partial charge in [0.05, 0.1) is 18.0 Å². The van der Waals surface area contributed by atoms with Crippen LogP contribution in [-0.2, 0) is 50.4 Å². The number of methoxy groups -OCH3 is 1. The average Bonchev–Trinajstić information content (AvgIpc) is 3.78. The number of nitrogens with zero attached hydrogens (tertiary/aromatic N) is 6. The van der Waals surface area contributed by atoms with Crippen LogP contribution in [-0.4, -0.2) is 78.7 Å². The maximum absolute atomic E-state index is 14.5. The number of anilines is 2. The van der Waals surface area contributed by atoms with Gasteiger partial charge in [-0.3, -0.25) is 0 Å². The fourth-order valence-electron chi connectivity index (χ4n) is 7.49. The fourth-order valence-corrected chi connectivity index (χ4v) is 9.08. The number of hydrogen-bond donors (Lipinski definition) is 1. The molecule has 14 nitrogen and oxygen atoms in total. The summed E-state index contributed by atoms with van der Waals surface area (Å²) in [4.78, 5) is 24.7. The first-order valence-electron chi connectivity index (χ1n) is 20.4. The molecular weight excluding hydrogens is 783 g/mol. The molecule has 1 aliphatic rings. The third kappa shape index (κ3) is 9.33. The number of aromatic nitrogens is 4. The largest absolute Gasteiger partial charge is 0.445 e. The molecule has 4 heterocycles. The van der Waals surface area contributed by atoms with Crippen LogP contribution in [0.3, 0.4) is 0 Å². The number of amides is 1. The highest BCUT2D eigenvalue weighted by molar-refractivity contribution is 7.93. The van der Waals surface area contributed by atoms with Crippen LogP contribution in [0.2, 0.25) is 0 Å². The predicted molar refractivity (Wildman–Crippen MR) is 230 cm³/mol. The molecule has 1 saturated heterocycles. The van der Waals surface area contributed by atoms with Crippen LogP contribution in [0.15, 0.2) is 94.3 Å². The molecule has 3 aromatic carbocycles. The van der Waals surface area contributed by atoms with E-state index in [9.17, 15) is 13.2 Å². The number of pyridine rings is 1. The van der Waals surface area contributed by atoms with E-state index in [1.807, 2.05) is 73.7 Å². The molecule has 0 bridgehead atoms. The van der Waals surface area contributed by atoms with Gasteiger partial charge in [0.25, 0.3) is 10.0 Å². The van der Waals surface area contributed by atoms with E-state index in [1.165, 1.54) is 7.11 Å². The molecule has 15 heteroatoms. The maximum atomic E-state index is 14.5. The van der Waals surface area contributed by atoms with Crippen LogP contribution in [0.5, 0.6) is 0 Å². The van der Waals surface area contributed by atoms with E-state index in [4.69, 9.17) is 28.7 Å². The Bertz CT molecular complexity index is 2510. The number of fused-ring (bicyclic) bond motifs is 1. The second-order valence-electron chi connectivity index (χ2n) is 14.9. The van der Waals surface area contributed by atoms with Crippen molar-refractivity contribution in [3.05, 3.63) is 119 Å². The summed E-state index contributed by atoms with van der Waals surface area (Å²) < 4.78 is 54.5. The Labute approximate surface area is 351 Å². The number of imidazole rings is 1. The maximum Gasteiger partial charge on any atom is 0.410 e. The summed E-state index contributed by atoms with van der Waals surface area (Å²) in [7, 11) is -2.73. The smallest absolute Gasteiger partial charge is 0.410 e. The van der Waals surface area contributed by atoms with Crippen molar-refractivity contribution in [2.45, 2.75) is 84.1 Å². The van der Waals surface area contributed by atoms with E-state index in [2.05, 4.69) is 28.0 Å². The van der Waals surface area contributed by atoms with Crippen molar-refractivity contribution in [3.8, 4) is 11.1 Å². The van der Waals surface area contributed by atoms with Gasteiger partial charge in [-0.25, -0.2) is 27.5 Å². The molecular formula is C45H53N7O7S. The zero-order valence-corrected chi connectivity index (χ0v) is 35.7. The monoisotopic (exact) mass is 835 g/mol. The van der Waals surface area contributed by atoms with E-state index in [0.717, 1.165) is 75.0 Å². The van der Waals surface area contributed by atoms with Gasteiger partial charge in [0, 0.05) is 50.4 Å². The highest BCUT2D eigenvalue weighted by atomic mass is 32.2. The Hall–Kier alpha value is -5.77. The minimum Gasteiger partial charge on any atom is -0.445 e. The van der Waals surface area contributed by atoms with Crippen molar-refractivity contribution < 1.29 is 31.9 Å². The SMILES string of the molecule is CCCc1nc2ccc(NC3CCN(C(=O)OCc4ccccc4)CC3)nc2n1Cc1ccc(-c2ccccc2S(=O)(=O)N(COC)c2noc(C)c2C)c(COCC)c1. The molecule has 1 amide bonds. The average molecular weight is 836 g/mol. The summed E-state index contributed by atoms with van der Waals surface area (Å²) in [6, 6.07) is 26.8. The minimum absolute atomic E-state index is 0.108. The number of benzene rings is 3. The Kier molecular flexibility index (Phi) is 13.5. The third-order valence-corrected chi connectivity index (χ3v) is 12.6. The van der Waals surface area contributed by atoms with Crippen LogP contribution in [0.25, 0.3) is 22.3 Å². The third-order valence-electron chi connectivity index (χ3n) is 10.8. The van der Waals surface area contributed by atoms with Gasteiger partial charge in [0.15, 0.2) is 11.5 Å². The van der Waals surface area contributed by atoms with E-state index in [0.29, 0.717) is 43.1 Å². The van der Waals surface area contributed by atoms with Gasteiger partial charge in [-0.05, 0) is 80.5 Å². The highest BCUT2D eigenvalue weighted by Gasteiger charge is 2.32. The van der Waals surface area contributed by atoms with E-state index in [1.54, 1.807) is 30.9 Å². The lowest BCUT2D eigenvalue weighted by atomic mass is 9.97. The molecule has 3 aromatic heterocycles. The lowest BCUT2D eigenvalue weighted by Gasteiger charge is -2.32. The standard InChI is InChI=1S/C45H53N7O7S/c1-6-13-42-47-39-20-21-41(46-36-22-24-50(25-23-36)45(53)58-28-33-14-9-8-10-15-33)48-44(39)51(42)27-34-18-19-37(35(26-34)29-57-7-2)38-16-11-12-17-40(38)60(54,55)52(30-56-5)43-31(3)32(4)59-49-43/h8-12,14-21,26,36H,6-7,13,22-25,27-30H2,1-5H3,(H,46,48). The van der Waals surface area contributed by atoms with Crippen molar-refractivity contribution in [2.24, 2.45) is 0 Å². The second-order valence-corrected chi connectivity index (χ2v) is 16.8. The van der Waals surface area contributed by atoms with Crippen LogP contribution in [0, 0.1) is 13.8 Å². The predicted octanol–water partition coefficient (Wildman–Crippen LogP) is 8.25. The molecule has 6 aromatic rings. The lowest BCUT2D eigenvalue weighted by Crippen LogP contribution is -2.42. The van der Waals surface area contributed by atoms with Crippen LogP contribution in [0.1, 0.15) is 66.9 Å². The topological polar surface area (TPSA) is 154 Å². The van der Waals surface area contributed by atoms with Gasteiger partial charge in [-0.15, -0.1) is 0 Å². The van der Waals surface area contributed by atoms with Gasteiger partial charge < -0.3 is 33.5 Å². The Morgan fingerprint density at radius 3 is 2.40 bits per heavy atom. The first-order chi connectivity index (χ1) is 29.1. The molecule has 60 heavy (non-hydrogen) atoms. The molecule has 7 rings (SSSR count). The van der Waals surface area contributed by atoms with Gasteiger partial charge in [0.2, 0.25) is 0 Å². The molecule has 0 unspecified atom stereocenters. The molecule has 1 N–H and O–H groups in total. The summed E-state index contributed by atoms with van der Waals surface area (Å²) in [6.45, 7) is 10.0. The number of nitrogens with one attached hydrogen (secondary N) is 1. The van der Waals surface area contributed by atoms with Crippen molar-refractivity contribution in [1.29, 1.82) is 0 Å². The van der Waals surface area contributed by atoms with E-state index >= 15 is 0 Å². The van der Waals surface area contributed by atoms with Crippen LogP contribution < -0.4 is 9.62 Å². The summed E-state index contributed by atoms with van der Waals surface area (Å²) in [5, 5.41) is 7.68. The van der Waals surface area contributed by atoms with Gasteiger partial charge in [-0.1, -0.05) is 78.8 Å². The number of hydrogen-bond acceptors (Lipinski definition) is 11. The fraction of sp³-hybridized carbons (Fsp3) is 0.378. The molecule has 0 atom stereocenters. The Morgan fingerprint density at radius 2 is 1.68 bits per heavy atom. The number of aryl methyl sites for hydroxylation is 2. The highest BCUT2D eigenvalue weighted by Crippen LogP contribution is 2.36. The Balaban J connectivity index is 1.13. The number of piperidine rings is 1. The summed E-state index contributed by atoms with van der Waals surface area (Å²) in [5.74, 6) is 2.39. The molecule has 1 aliphatic heterocycles. The van der Waals surface area contributed by atoms with Gasteiger partial charge >= 0.3 is 6.09 Å². The minimum atomic E-state index is -4.17. The van der Waals surface area contributed by atoms with Crippen molar-refractivity contribution in [3.63, 3.8) is 0 Å². The zero-order valence-electron chi connectivity index (χ0n) is 34.9. The number of ether oxygens (including phenoxy) is 3. The molecule has 1 fully saturated rings. The summed E-state index contributed by atoms with van der Waals surface area (Å²) in [5.41, 5.74) is 6.26. The normalized spacial score (nSPS) is 13.5. The first-order valence-corrected chi connectivity index (χ1v) is 21.9. The quantitative estimate of drug-likeness (QED) is 0.0884. The zero-order chi connectivity index (χ0) is 42.2. The van der Waals surface area contributed by atoms with Gasteiger partial charge in [0.1, 0.15) is 36.3 Å². The van der Waals surface area contributed by atoms with Crippen molar-refractivity contribution in [1.82, 2.24) is 24.6 Å². The van der Waals surface area contributed by atoms with E-state index in [-0.39, 0.29) is 42.8 Å².